The Bertz CT molecular complexity index is 1050. The van der Waals surface area contributed by atoms with Crippen LogP contribution in [-0.4, -0.2) is 47.0 Å². The quantitative estimate of drug-likeness (QED) is 0.582. The van der Waals surface area contributed by atoms with Crippen LogP contribution in [0.3, 0.4) is 0 Å². The van der Waals surface area contributed by atoms with Gasteiger partial charge < -0.3 is 24.6 Å². The molecule has 2 N–H and O–H groups in total. The highest BCUT2D eigenvalue weighted by Gasteiger charge is 2.39. The topological polar surface area (TPSA) is 96.7 Å². The summed E-state index contributed by atoms with van der Waals surface area (Å²) in [5.74, 6) is 1.38. The molecule has 1 fully saturated rings. The number of allylic oxidation sites excluding steroid dienone is 1. The van der Waals surface area contributed by atoms with E-state index >= 15 is 0 Å². The van der Waals surface area contributed by atoms with Gasteiger partial charge in [-0.05, 0) is 26.3 Å². The summed E-state index contributed by atoms with van der Waals surface area (Å²) in [6.45, 7) is 4.06. The lowest BCUT2D eigenvalue weighted by molar-refractivity contribution is 0.144. The number of likely N-dealkylation sites (N-methyl/N-ethyl adjacent to an activating group) is 1. The van der Waals surface area contributed by atoms with Gasteiger partial charge in [-0.1, -0.05) is 23.8 Å². The zero-order valence-corrected chi connectivity index (χ0v) is 17.0. The highest BCUT2D eigenvalue weighted by molar-refractivity contribution is 6.37. The zero-order valence-electron chi connectivity index (χ0n) is 16.3. The minimum absolute atomic E-state index is 0.241. The van der Waals surface area contributed by atoms with Gasteiger partial charge in [-0.15, -0.1) is 0 Å². The first kappa shape index (κ1) is 19.7. The fourth-order valence-corrected chi connectivity index (χ4v) is 4.91. The number of pyridine rings is 2. The van der Waals surface area contributed by atoms with E-state index in [2.05, 4.69) is 32.1 Å². The third-order valence-corrected chi connectivity index (χ3v) is 6.26. The van der Waals surface area contributed by atoms with Crippen molar-refractivity contribution in [2.45, 2.75) is 25.9 Å². The van der Waals surface area contributed by atoms with E-state index in [4.69, 9.17) is 16.7 Å². The van der Waals surface area contributed by atoms with Crippen LogP contribution in [0.1, 0.15) is 13.3 Å². The molecule has 29 heavy (non-hydrogen) atoms. The average molecular weight is 419 g/mol. The molecular formula is C20H23ClN4O4. The smallest absolute Gasteiger partial charge is 0.449 e. The van der Waals surface area contributed by atoms with E-state index in [1.807, 2.05) is 14.0 Å². The fraction of sp³-hybridized carbons (Fsp3) is 0.450. The van der Waals surface area contributed by atoms with E-state index < -0.39 is 11.6 Å². The number of hydrogen-bond donors (Lipinski definition) is 2. The Morgan fingerprint density at radius 3 is 2.93 bits per heavy atom. The zero-order chi connectivity index (χ0) is 20.7. The Kier molecular flexibility index (Phi) is 5.23. The molecule has 1 saturated heterocycles. The van der Waals surface area contributed by atoms with Crippen LogP contribution in [0.5, 0.6) is 5.75 Å². The summed E-state index contributed by atoms with van der Waals surface area (Å²) in [7, 11) is 1.97. The molecular weight excluding hydrogens is 396 g/mol. The number of nitrogens with zero attached hydrogens (tertiary/aromatic N) is 3. The summed E-state index contributed by atoms with van der Waals surface area (Å²) in [4.78, 5) is 30.2. The van der Waals surface area contributed by atoms with Crippen LogP contribution in [0.25, 0.3) is 10.9 Å². The maximum absolute atomic E-state index is 12.7. The Hall–Kier alpha value is -2.58. The molecule has 0 radical (unpaired) electrons. The molecule has 1 aliphatic carbocycles. The number of halogens is 1. The van der Waals surface area contributed by atoms with Crippen molar-refractivity contribution in [3.05, 3.63) is 39.8 Å². The van der Waals surface area contributed by atoms with E-state index in [0.717, 1.165) is 19.5 Å². The largest absolute Gasteiger partial charge is 0.511 e. The van der Waals surface area contributed by atoms with Crippen LogP contribution in [0, 0.1) is 11.8 Å². The number of aromatic nitrogens is 2. The number of fused-ring (bicyclic) bond motifs is 2. The van der Waals surface area contributed by atoms with E-state index in [-0.39, 0.29) is 11.1 Å². The van der Waals surface area contributed by atoms with Gasteiger partial charge in [-0.3, -0.25) is 4.79 Å². The molecule has 9 heteroatoms. The van der Waals surface area contributed by atoms with Crippen molar-refractivity contribution in [3.8, 4) is 5.75 Å². The predicted molar refractivity (Wildman–Crippen MR) is 111 cm³/mol. The number of aryl methyl sites for hydroxylation is 1. The van der Waals surface area contributed by atoms with Crippen LogP contribution >= 0.6 is 11.6 Å². The lowest BCUT2D eigenvalue weighted by Crippen LogP contribution is -2.38. The van der Waals surface area contributed by atoms with Crippen LogP contribution in [0.15, 0.2) is 29.3 Å². The van der Waals surface area contributed by atoms with E-state index in [1.165, 1.54) is 12.4 Å². The lowest BCUT2D eigenvalue weighted by Gasteiger charge is -2.28. The highest BCUT2D eigenvalue weighted by Crippen LogP contribution is 2.39. The highest BCUT2D eigenvalue weighted by atomic mass is 35.5. The molecule has 1 aliphatic heterocycles. The number of rotatable bonds is 4. The van der Waals surface area contributed by atoms with Crippen molar-refractivity contribution in [2.75, 3.05) is 25.0 Å². The Morgan fingerprint density at radius 1 is 1.45 bits per heavy atom. The monoisotopic (exact) mass is 418 g/mol. The second-order valence-electron chi connectivity index (χ2n) is 7.44. The van der Waals surface area contributed by atoms with E-state index in [1.54, 1.807) is 4.57 Å². The first-order chi connectivity index (χ1) is 13.9. The summed E-state index contributed by atoms with van der Waals surface area (Å²) in [6, 6.07) is 0.322. The molecule has 3 atom stereocenters. The minimum Gasteiger partial charge on any atom is -0.449 e. The molecule has 4 rings (SSSR count). The predicted octanol–water partition coefficient (Wildman–Crippen LogP) is 2.73. The molecule has 0 amide bonds. The van der Waals surface area contributed by atoms with Gasteiger partial charge in [-0.25, -0.2) is 9.78 Å². The van der Waals surface area contributed by atoms with Crippen molar-refractivity contribution in [3.63, 3.8) is 0 Å². The Labute approximate surface area is 172 Å². The first-order valence-corrected chi connectivity index (χ1v) is 10.0. The molecule has 2 aromatic rings. The second kappa shape index (κ2) is 7.68. The number of hydrogen-bond acceptors (Lipinski definition) is 6. The van der Waals surface area contributed by atoms with E-state index in [9.17, 15) is 9.59 Å². The summed E-state index contributed by atoms with van der Waals surface area (Å²) < 4.78 is 6.37. The van der Waals surface area contributed by atoms with Crippen molar-refractivity contribution in [1.29, 1.82) is 0 Å². The number of carboxylic acid groups (broad SMARTS) is 1. The van der Waals surface area contributed by atoms with Crippen molar-refractivity contribution < 1.29 is 14.6 Å². The van der Waals surface area contributed by atoms with Gasteiger partial charge in [0.05, 0.1) is 17.1 Å². The van der Waals surface area contributed by atoms with Crippen LogP contribution in [-0.2, 0) is 6.54 Å². The molecule has 0 spiro atoms. The van der Waals surface area contributed by atoms with Gasteiger partial charge in [0.1, 0.15) is 10.8 Å². The third kappa shape index (κ3) is 3.36. The molecule has 0 bridgehead atoms. The van der Waals surface area contributed by atoms with Gasteiger partial charge >= 0.3 is 6.16 Å². The molecule has 154 valence electrons. The SMILES string of the molecule is CCn1cc(OC(=O)O)c(=O)c2cnc(N3C[C@H]4CC=C[C@@H](NC)[C@H]4C3)c(Cl)c21. The Morgan fingerprint density at radius 2 is 2.24 bits per heavy atom. The number of carbonyl (C=O) groups is 1. The lowest BCUT2D eigenvalue weighted by atomic mass is 9.82. The molecule has 8 nitrogen and oxygen atoms in total. The summed E-state index contributed by atoms with van der Waals surface area (Å²) in [5, 5.41) is 12.9. The first-order valence-electron chi connectivity index (χ1n) is 9.65. The number of ether oxygens (including phenoxy) is 1. The average Bonchev–Trinajstić information content (AvgIpc) is 3.13. The molecule has 2 aromatic heterocycles. The van der Waals surface area contributed by atoms with Crippen molar-refractivity contribution in [2.24, 2.45) is 11.8 Å². The Balaban J connectivity index is 1.77. The molecule has 0 aromatic carbocycles. The third-order valence-electron chi connectivity index (χ3n) is 5.91. The van der Waals surface area contributed by atoms with Crippen molar-refractivity contribution in [1.82, 2.24) is 14.9 Å². The minimum atomic E-state index is -1.54. The summed E-state index contributed by atoms with van der Waals surface area (Å²) >= 11 is 6.75. The van der Waals surface area contributed by atoms with Crippen molar-refractivity contribution >= 4 is 34.5 Å². The van der Waals surface area contributed by atoms with Crippen LogP contribution < -0.4 is 20.4 Å². The van der Waals surface area contributed by atoms with Gasteiger partial charge in [0.2, 0.25) is 5.43 Å². The maximum Gasteiger partial charge on any atom is 0.511 e. The van der Waals surface area contributed by atoms with Gasteiger partial charge in [0, 0.05) is 37.8 Å². The summed E-state index contributed by atoms with van der Waals surface area (Å²) in [5.41, 5.74) is 0.00246. The van der Waals surface area contributed by atoms with Crippen LogP contribution in [0.2, 0.25) is 5.02 Å². The summed E-state index contributed by atoms with van der Waals surface area (Å²) in [6.07, 6.45) is 6.79. The molecule has 0 unspecified atom stereocenters. The molecule has 0 saturated carbocycles. The normalized spacial score (nSPS) is 23.4. The second-order valence-corrected chi connectivity index (χ2v) is 7.82. The molecule has 3 heterocycles. The number of nitrogens with one attached hydrogen (secondary N) is 1. The van der Waals surface area contributed by atoms with E-state index in [0.29, 0.717) is 40.8 Å². The van der Waals surface area contributed by atoms with Crippen LogP contribution in [0.4, 0.5) is 10.6 Å². The van der Waals surface area contributed by atoms with Gasteiger partial charge in [0.25, 0.3) is 0 Å². The molecule has 2 aliphatic rings. The maximum atomic E-state index is 12.7. The van der Waals surface area contributed by atoms with Gasteiger partial charge in [-0.2, -0.15) is 0 Å². The fourth-order valence-electron chi connectivity index (χ4n) is 4.53. The standard InChI is InChI=1S/C20H23ClN4O4/c1-3-24-10-15(29-20(27)28)18(26)12-7-23-19(16(21)17(12)24)25-8-11-5-4-6-14(22-2)13(11)9-25/h4,6-7,10-11,13-14,22H,3,5,8-9H2,1-2H3,(H,27,28)/t11-,13+,14-/m1/s1. The van der Waals surface area contributed by atoms with Gasteiger partial charge in [0.15, 0.2) is 5.75 Å². The number of anilines is 1.